The molecule has 0 aromatic rings. The maximum Gasteiger partial charge on any atom is 0.244 e. The molecule has 16 heavy (non-hydrogen) atoms. The second-order valence-electron chi connectivity index (χ2n) is 3.18. The van der Waals surface area contributed by atoms with Gasteiger partial charge in [0.2, 0.25) is 11.8 Å². The average molecular weight is 226 g/mol. The van der Waals surface area contributed by atoms with Crippen molar-refractivity contribution in [1.82, 2.24) is 5.32 Å². The molecule has 0 spiro atoms. The van der Waals surface area contributed by atoms with Gasteiger partial charge >= 0.3 is 0 Å². The molecule has 0 aliphatic heterocycles. The van der Waals surface area contributed by atoms with Crippen molar-refractivity contribution in [1.29, 1.82) is 0 Å². The van der Waals surface area contributed by atoms with Crippen LogP contribution in [-0.4, -0.2) is 31.6 Å². The lowest BCUT2D eigenvalue weighted by Gasteiger charge is -2.02. The molecule has 0 saturated heterocycles. The maximum absolute atomic E-state index is 10.7. The van der Waals surface area contributed by atoms with Gasteiger partial charge in [-0.1, -0.05) is 12.7 Å². The van der Waals surface area contributed by atoms with Gasteiger partial charge in [-0.05, 0) is 19.4 Å². The fourth-order valence-corrected chi connectivity index (χ4v) is 0.826. The summed E-state index contributed by atoms with van der Waals surface area (Å²) in [5, 5.41) is 2.62. The van der Waals surface area contributed by atoms with E-state index in [4.69, 9.17) is 10.5 Å². The summed E-state index contributed by atoms with van der Waals surface area (Å²) in [7, 11) is 0. The van der Waals surface area contributed by atoms with Gasteiger partial charge in [-0.15, -0.1) is 0 Å². The minimum Gasteiger partial charge on any atom is -0.377 e. The molecule has 0 unspecified atom stereocenters. The molecule has 0 aromatic heterocycles. The minimum absolute atomic E-state index is 0.190. The number of nitrogens with two attached hydrogens (primary N) is 1. The SMILES string of the molecule is C=CC(=O)NCCCOCC=C(C)C(N)=O. The minimum atomic E-state index is -0.443. The molecule has 0 bridgehead atoms. The topological polar surface area (TPSA) is 81.4 Å². The smallest absolute Gasteiger partial charge is 0.244 e. The van der Waals surface area contributed by atoms with E-state index in [0.717, 1.165) is 0 Å². The number of ether oxygens (including phenoxy) is 1. The molecule has 2 amide bonds. The van der Waals surface area contributed by atoms with Crippen molar-refractivity contribution >= 4 is 11.8 Å². The molecule has 0 aromatic carbocycles. The molecule has 3 N–H and O–H groups in total. The van der Waals surface area contributed by atoms with Gasteiger partial charge in [0, 0.05) is 18.7 Å². The van der Waals surface area contributed by atoms with Crippen LogP contribution < -0.4 is 11.1 Å². The van der Waals surface area contributed by atoms with Gasteiger partial charge in [0.1, 0.15) is 0 Å². The Morgan fingerprint density at radius 1 is 1.50 bits per heavy atom. The van der Waals surface area contributed by atoms with Crippen LogP contribution in [0.2, 0.25) is 0 Å². The number of hydrogen-bond donors (Lipinski definition) is 2. The van der Waals surface area contributed by atoms with E-state index in [9.17, 15) is 9.59 Å². The first kappa shape index (κ1) is 14.4. The standard InChI is InChI=1S/C11H18N2O3/c1-3-10(14)13-6-4-7-16-8-5-9(2)11(12)15/h3,5H,1,4,6-8H2,2H3,(H2,12,15)(H,13,14). The molecule has 0 saturated carbocycles. The normalized spacial score (nSPS) is 10.9. The highest BCUT2D eigenvalue weighted by Crippen LogP contribution is 1.91. The van der Waals surface area contributed by atoms with E-state index in [0.29, 0.717) is 31.8 Å². The van der Waals surface area contributed by atoms with Crippen molar-refractivity contribution in [3.05, 3.63) is 24.3 Å². The Labute approximate surface area is 95.3 Å². The first-order valence-corrected chi connectivity index (χ1v) is 5.02. The van der Waals surface area contributed by atoms with E-state index in [1.807, 2.05) is 0 Å². The van der Waals surface area contributed by atoms with Crippen LogP contribution in [0, 0.1) is 0 Å². The number of carbonyl (C=O) groups is 2. The Hall–Kier alpha value is -1.62. The predicted molar refractivity (Wildman–Crippen MR) is 61.6 cm³/mol. The zero-order valence-corrected chi connectivity index (χ0v) is 9.49. The third-order valence-electron chi connectivity index (χ3n) is 1.85. The molecule has 0 radical (unpaired) electrons. The summed E-state index contributed by atoms with van der Waals surface area (Å²) >= 11 is 0. The van der Waals surface area contributed by atoms with Gasteiger partial charge < -0.3 is 15.8 Å². The van der Waals surface area contributed by atoms with Crippen LogP contribution in [0.15, 0.2) is 24.3 Å². The van der Waals surface area contributed by atoms with Crippen LogP contribution in [0.1, 0.15) is 13.3 Å². The molecule has 0 aliphatic rings. The fourth-order valence-electron chi connectivity index (χ4n) is 0.826. The van der Waals surface area contributed by atoms with Gasteiger partial charge in [0.05, 0.1) is 6.61 Å². The predicted octanol–water partition coefficient (Wildman–Crippen LogP) is 0.127. The van der Waals surface area contributed by atoms with E-state index >= 15 is 0 Å². The van der Waals surface area contributed by atoms with E-state index in [1.165, 1.54) is 6.08 Å². The van der Waals surface area contributed by atoms with Crippen molar-refractivity contribution in [3.8, 4) is 0 Å². The Balaban J connectivity index is 3.41. The largest absolute Gasteiger partial charge is 0.377 e. The van der Waals surface area contributed by atoms with Crippen LogP contribution >= 0.6 is 0 Å². The van der Waals surface area contributed by atoms with Crippen molar-refractivity contribution < 1.29 is 14.3 Å². The Bertz CT molecular complexity index is 285. The van der Waals surface area contributed by atoms with Gasteiger partial charge in [-0.2, -0.15) is 0 Å². The summed E-state index contributed by atoms with van der Waals surface area (Å²) in [6, 6.07) is 0. The second kappa shape index (κ2) is 8.67. The summed E-state index contributed by atoms with van der Waals surface area (Å²) in [4.78, 5) is 21.3. The summed E-state index contributed by atoms with van der Waals surface area (Å²) in [5.74, 6) is -0.633. The van der Waals surface area contributed by atoms with Crippen LogP contribution in [0.5, 0.6) is 0 Å². The molecule has 5 nitrogen and oxygen atoms in total. The van der Waals surface area contributed by atoms with Crippen molar-refractivity contribution in [2.24, 2.45) is 5.73 Å². The summed E-state index contributed by atoms with van der Waals surface area (Å²) in [6.45, 7) is 6.38. The van der Waals surface area contributed by atoms with Crippen molar-refractivity contribution in [2.45, 2.75) is 13.3 Å². The van der Waals surface area contributed by atoms with Crippen molar-refractivity contribution in [2.75, 3.05) is 19.8 Å². The molecule has 5 heteroatoms. The zero-order valence-electron chi connectivity index (χ0n) is 9.49. The number of amides is 2. The highest BCUT2D eigenvalue weighted by atomic mass is 16.5. The molecule has 0 heterocycles. The van der Waals surface area contributed by atoms with Crippen LogP contribution in [0.25, 0.3) is 0 Å². The monoisotopic (exact) mass is 226 g/mol. The molecule has 0 fully saturated rings. The molecule has 0 atom stereocenters. The number of nitrogens with one attached hydrogen (secondary N) is 1. The number of primary amides is 1. The molecule has 0 rings (SSSR count). The first-order valence-electron chi connectivity index (χ1n) is 5.02. The summed E-state index contributed by atoms with van der Waals surface area (Å²) in [5.41, 5.74) is 5.51. The lowest BCUT2D eigenvalue weighted by Crippen LogP contribution is -2.22. The fraction of sp³-hybridized carbons (Fsp3) is 0.455. The molecular formula is C11H18N2O3. The third-order valence-corrected chi connectivity index (χ3v) is 1.85. The van der Waals surface area contributed by atoms with Crippen LogP contribution in [-0.2, 0) is 14.3 Å². The second-order valence-corrected chi connectivity index (χ2v) is 3.18. The van der Waals surface area contributed by atoms with Gasteiger partial charge in [-0.3, -0.25) is 9.59 Å². The van der Waals surface area contributed by atoms with Gasteiger partial charge in [0.25, 0.3) is 0 Å². The van der Waals surface area contributed by atoms with E-state index < -0.39 is 5.91 Å². The highest BCUT2D eigenvalue weighted by molar-refractivity contribution is 5.91. The van der Waals surface area contributed by atoms with Crippen molar-refractivity contribution in [3.63, 3.8) is 0 Å². The quantitative estimate of drug-likeness (QED) is 0.456. The molecule has 90 valence electrons. The third kappa shape index (κ3) is 7.75. The van der Waals surface area contributed by atoms with Gasteiger partial charge in [-0.25, -0.2) is 0 Å². The Kier molecular flexibility index (Phi) is 7.79. The van der Waals surface area contributed by atoms with E-state index in [2.05, 4.69) is 11.9 Å². The average Bonchev–Trinajstić information content (AvgIpc) is 2.26. The Morgan fingerprint density at radius 3 is 2.75 bits per heavy atom. The van der Waals surface area contributed by atoms with Crippen LogP contribution in [0.4, 0.5) is 0 Å². The van der Waals surface area contributed by atoms with Crippen LogP contribution in [0.3, 0.4) is 0 Å². The zero-order chi connectivity index (χ0) is 12.4. The number of hydrogen-bond acceptors (Lipinski definition) is 3. The van der Waals surface area contributed by atoms with E-state index in [-0.39, 0.29) is 5.91 Å². The molecular weight excluding hydrogens is 208 g/mol. The highest BCUT2D eigenvalue weighted by Gasteiger charge is 1.96. The first-order chi connectivity index (χ1) is 7.57. The lowest BCUT2D eigenvalue weighted by atomic mass is 10.3. The molecule has 0 aliphatic carbocycles. The maximum atomic E-state index is 10.7. The lowest BCUT2D eigenvalue weighted by molar-refractivity contribution is -0.116. The summed E-state index contributed by atoms with van der Waals surface area (Å²) < 4.78 is 5.21. The summed E-state index contributed by atoms with van der Waals surface area (Å²) in [6.07, 6.45) is 3.56. The number of rotatable bonds is 8. The Morgan fingerprint density at radius 2 is 2.19 bits per heavy atom. The number of carbonyl (C=O) groups excluding carboxylic acids is 2. The van der Waals surface area contributed by atoms with E-state index in [1.54, 1.807) is 13.0 Å². The van der Waals surface area contributed by atoms with Gasteiger partial charge in [0.15, 0.2) is 0 Å².